The predicted octanol–water partition coefficient (Wildman–Crippen LogP) is 8.62. The monoisotopic (exact) mass is 442 g/mol. The lowest BCUT2D eigenvalue weighted by molar-refractivity contribution is 0.444. The number of phenolic OH excluding ortho intramolecular Hbond substituents is 2. The summed E-state index contributed by atoms with van der Waals surface area (Å²) in [6.07, 6.45) is 1.81. The van der Waals surface area contributed by atoms with Gasteiger partial charge in [0, 0.05) is 10.3 Å². The lowest BCUT2D eigenvalue weighted by Crippen LogP contribution is -2.19. The Hall–Kier alpha value is -1.61. The minimum atomic E-state index is -0.369. The molecule has 3 heteroatoms. The van der Waals surface area contributed by atoms with Crippen LogP contribution in [-0.4, -0.2) is 10.2 Å². The van der Waals surface area contributed by atoms with E-state index in [9.17, 15) is 10.2 Å². The molecule has 0 amide bonds. The van der Waals surface area contributed by atoms with E-state index in [1.54, 1.807) is 11.8 Å². The number of rotatable bonds is 6. The van der Waals surface area contributed by atoms with Crippen molar-refractivity contribution in [2.75, 3.05) is 0 Å². The molecule has 2 atom stereocenters. The third-order valence-electron chi connectivity index (χ3n) is 6.56. The Morgan fingerprint density at radius 1 is 0.839 bits per heavy atom. The third kappa shape index (κ3) is 5.61. The average molecular weight is 443 g/mol. The first-order chi connectivity index (χ1) is 14.1. The molecule has 172 valence electrons. The number of benzene rings is 2. The molecule has 0 heterocycles. The maximum atomic E-state index is 11.3. The quantitative estimate of drug-likeness (QED) is 0.440. The zero-order chi connectivity index (χ0) is 23.8. The summed E-state index contributed by atoms with van der Waals surface area (Å²) in [6, 6.07) is 10.3. The van der Waals surface area contributed by atoms with Gasteiger partial charge in [-0.3, -0.25) is 0 Å². The first-order valence-corrected chi connectivity index (χ1v) is 12.4. The van der Waals surface area contributed by atoms with Crippen LogP contribution in [0.1, 0.15) is 110 Å². The van der Waals surface area contributed by atoms with E-state index in [4.69, 9.17) is 0 Å². The van der Waals surface area contributed by atoms with E-state index in [1.807, 2.05) is 12.1 Å². The molecular formula is C28H42O2S. The fourth-order valence-electron chi connectivity index (χ4n) is 3.72. The molecule has 0 bridgehead atoms. The zero-order valence-electron chi connectivity index (χ0n) is 21.2. The van der Waals surface area contributed by atoms with E-state index in [0.717, 1.165) is 28.9 Å². The van der Waals surface area contributed by atoms with Crippen molar-refractivity contribution in [2.45, 2.75) is 108 Å². The highest BCUT2D eigenvalue weighted by atomic mass is 32.2. The molecular weight excluding hydrogens is 400 g/mol. The fraction of sp³-hybridized carbons (Fsp3) is 0.571. The molecule has 2 unspecified atom stereocenters. The Morgan fingerprint density at radius 3 is 1.90 bits per heavy atom. The second kappa shape index (κ2) is 9.10. The third-order valence-corrected chi connectivity index (χ3v) is 8.05. The van der Waals surface area contributed by atoms with Crippen molar-refractivity contribution >= 4 is 11.8 Å². The number of phenols is 2. The molecule has 0 fully saturated rings. The molecule has 0 saturated carbocycles. The highest BCUT2D eigenvalue weighted by molar-refractivity contribution is 8.00. The first-order valence-electron chi connectivity index (χ1n) is 11.5. The molecule has 0 aliphatic heterocycles. The van der Waals surface area contributed by atoms with Crippen molar-refractivity contribution < 1.29 is 10.2 Å². The van der Waals surface area contributed by atoms with E-state index < -0.39 is 0 Å². The van der Waals surface area contributed by atoms with Crippen molar-refractivity contribution in [3.63, 3.8) is 0 Å². The van der Waals surface area contributed by atoms with Gasteiger partial charge >= 0.3 is 0 Å². The normalized spacial score (nSPS) is 15.5. The lowest BCUT2D eigenvalue weighted by atomic mass is 9.83. The summed E-state index contributed by atoms with van der Waals surface area (Å²) in [6.45, 7) is 21.9. The highest BCUT2D eigenvalue weighted by Crippen LogP contribution is 2.52. The van der Waals surface area contributed by atoms with Crippen LogP contribution < -0.4 is 0 Å². The number of hydrogen-bond donors (Lipinski definition) is 2. The lowest BCUT2D eigenvalue weighted by Gasteiger charge is -2.32. The average Bonchev–Trinajstić information content (AvgIpc) is 2.67. The maximum absolute atomic E-state index is 11.3. The maximum Gasteiger partial charge on any atom is 0.132 e. The van der Waals surface area contributed by atoms with Gasteiger partial charge in [0.1, 0.15) is 11.5 Å². The molecule has 2 aromatic rings. The standard InChI is InChI=1S/C28H42O2S/c1-11-18(3)21-15-20(27(7,8)9)17-24(25(21)30)31-28(10,12-2)22-16-19(26(4,5)6)13-14-23(22)29/h13-18,29-30H,11-12H2,1-10H3. The van der Waals surface area contributed by atoms with Crippen LogP contribution in [0.15, 0.2) is 35.2 Å². The zero-order valence-corrected chi connectivity index (χ0v) is 22.0. The van der Waals surface area contributed by atoms with Crippen molar-refractivity contribution in [1.29, 1.82) is 0 Å². The molecule has 31 heavy (non-hydrogen) atoms. The topological polar surface area (TPSA) is 40.5 Å². The second-order valence-corrected chi connectivity index (χ2v) is 12.7. The minimum absolute atomic E-state index is 0.000212. The van der Waals surface area contributed by atoms with Crippen LogP contribution in [0.5, 0.6) is 11.5 Å². The summed E-state index contributed by atoms with van der Waals surface area (Å²) < 4.78 is -0.369. The van der Waals surface area contributed by atoms with Crippen LogP contribution in [-0.2, 0) is 15.6 Å². The van der Waals surface area contributed by atoms with E-state index in [-0.39, 0.29) is 21.5 Å². The van der Waals surface area contributed by atoms with Gasteiger partial charge in [-0.2, -0.15) is 0 Å². The molecule has 0 aliphatic rings. The Balaban J connectivity index is 2.67. The molecule has 0 aromatic heterocycles. The first kappa shape index (κ1) is 25.6. The summed E-state index contributed by atoms with van der Waals surface area (Å²) in [5.74, 6) is 0.990. The summed E-state index contributed by atoms with van der Waals surface area (Å²) >= 11 is 1.67. The number of aromatic hydroxyl groups is 2. The van der Waals surface area contributed by atoms with Gasteiger partial charge in [-0.25, -0.2) is 0 Å². The van der Waals surface area contributed by atoms with Gasteiger partial charge in [-0.1, -0.05) is 80.5 Å². The second-order valence-electron chi connectivity index (χ2n) is 11.1. The highest BCUT2D eigenvalue weighted by Gasteiger charge is 2.33. The van der Waals surface area contributed by atoms with Crippen molar-refractivity contribution in [1.82, 2.24) is 0 Å². The molecule has 0 saturated heterocycles. The molecule has 2 aromatic carbocycles. The molecule has 0 aliphatic carbocycles. The smallest absolute Gasteiger partial charge is 0.132 e. The van der Waals surface area contributed by atoms with Gasteiger partial charge in [0.05, 0.1) is 4.90 Å². The SMILES string of the molecule is CCC(C)c1cc(C(C)(C)C)cc(SC(C)(CC)c2cc(C(C)(C)C)ccc2O)c1O. The minimum Gasteiger partial charge on any atom is -0.508 e. The summed E-state index contributed by atoms with van der Waals surface area (Å²) in [5.41, 5.74) is 4.37. The fourth-order valence-corrected chi connectivity index (χ4v) is 5.03. The molecule has 2 rings (SSSR count). The number of thioether (sulfide) groups is 1. The Bertz CT molecular complexity index is 918. The van der Waals surface area contributed by atoms with Crippen LogP contribution in [0.25, 0.3) is 0 Å². The predicted molar refractivity (Wildman–Crippen MR) is 136 cm³/mol. The van der Waals surface area contributed by atoms with Crippen LogP contribution in [0.2, 0.25) is 0 Å². The summed E-state index contributed by atoms with van der Waals surface area (Å²) in [5, 5.41) is 22.1. The van der Waals surface area contributed by atoms with Gasteiger partial charge in [-0.15, -0.1) is 11.8 Å². The van der Waals surface area contributed by atoms with Crippen molar-refractivity contribution in [2.24, 2.45) is 0 Å². The van der Waals surface area contributed by atoms with Gasteiger partial charge in [-0.05, 0) is 65.3 Å². The largest absolute Gasteiger partial charge is 0.508 e. The molecule has 2 N–H and O–H groups in total. The van der Waals surface area contributed by atoms with E-state index in [1.165, 1.54) is 11.1 Å². The Kier molecular flexibility index (Phi) is 7.53. The van der Waals surface area contributed by atoms with Gasteiger partial charge in [0.25, 0.3) is 0 Å². The van der Waals surface area contributed by atoms with Gasteiger partial charge < -0.3 is 10.2 Å². The van der Waals surface area contributed by atoms with Gasteiger partial charge in [0.2, 0.25) is 0 Å². The summed E-state index contributed by atoms with van der Waals surface area (Å²) in [4.78, 5) is 0.896. The number of hydrogen-bond acceptors (Lipinski definition) is 3. The van der Waals surface area contributed by atoms with Crippen LogP contribution in [0.3, 0.4) is 0 Å². The van der Waals surface area contributed by atoms with Gasteiger partial charge in [0.15, 0.2) is 0 Å². The van der Waals surface area contributed by atoms with Crippen molar-refractivity contribution in [3.05, 3.63) is 52.6 Å². The van der Waals surface area contributed by atoms with Crippen LogP contribution in [0, 0.1) is 0 Å². The summed E-state index contributed by atoms with van der Waals surface area (Å²) in [7, 11) is 0. The Labute approximate surface area is 194 Å². The molecule has 0 spiro atoms. The van der Waals surface area contributed by atoms with Crippen molar-refractivity contribution in [3.8, 4) is 11.5 Å². The molecule has 0 radical (unpaired) electrons. The molecule has 2 nitrogen and oxygen atoms in total. The van der Waals surface area contributed by atoms with Crippen LogP contribution >= 0.6 is 11.8 Å². The van der Waals surface area contributed by atoms with E-state index >= 15 is 0 Å². The van der Waals surface area contributed by atoms with E-state index in [2.05, 4.69) is 87.4 Å². The Morgan fingerprint density at radius 2 is 1.42 bits per heavy atom. The van der Waals surface area contributed by atoms with Crippen LogP contribution in [0.4, 0.5) is 0 Å². The van der Waals surface area contributed by atoms with E-state index in [0.29, 0.717) is 11.5 Å².